The summed E-state index contributed by atoms with van der Waals surface area (Å²) in [7, 11) is 0. The van der Waals surface area contributed by atoms with Crippen LogP contribution in [0.2, 0.25) is 0 Å². The molecule has 1 aromatic rings. The summed E-state index contributed by atoms with van der Waals surface area (Å²) in [5.41, 5.74) is -0.679. The Bertz CT molecular complexity index is 636. The Morgan fingerprint density at radius 2 is 1.69 bits per heavy atom. The molecule has 1 aliphatic heterocycles. The molecule has 2 aliphatic rings. The average Bonchev–Trinajstić information content (AvgIpc) is 2.88. The van der Waals surface area contributed by atoms with Gasteiger partial charge >= 0.3 is 6.03 Å². The zero-order valence-electron chi connectivity index (χ0n) is 15.6. The number of nitrogens with zero attached hydrogens (tertiary/aromatic N) is 1. The summed E-state index contributed by atoms with van der Waals surface area (Å²) in [5.74, 6) is 2.06. The lowest BCUT2D eigenvalue weighted by Crippen LogP contribution is -2.49. The summed E-state index contributed by atoms with van der Waals surface area (Å²) in [6.45, 7) is 5.27. The number of urea groups is 1. The predicted molar refractivity (Wildman–Crippen MR) is 98.3 cm³/mol. The summed E-state index contributed by atoms with van der Waals surface area (Å²) in [5, 5.41) is 2.95. The minimum absolute atomic E-state index is 0.0904. The van der Waals surface area contributed by atoms with Gasteiger partial charge in [-0.1, -0.05) is 13.3 Å². The number of ether oxygens (including phenoxy) is 2. The van der Waals surface area contributed by atoms with Gasteiger partial charge in [-0.25, -0.2) is 4.79 Å². The summed E-state index contributed by atoms with van der Waals surface area (Å²) in [6.07, 6.45) is 4.62. The Morgan fingerprint density at radius 1 is 1.08 bits per heavy atom. The van der Waals surface area contributed by atoms with Gasteiger partial charge in [-0.05, 0) is 62.8 Å². The molecule has 0 atom stereocenters. The molecule has 0 unspecified atom stereocenters. The molecule has 1 heterocycles. The van der Waals surface area contributed by atoms with Crippen molar-refractivity contribution in [1.29, 1.82) is 0 Å². The van der Waals surface area contributed by atoms with Gasteiger partial charge < -0.3 is 14.8 Å². The Balaban J connectivity index is 1.52. The lowest BCUT2D eigenvalue weighted by Gasteiger charge is -2.34. The van der Waals surface area contributed by atoms with Crippen LogP contribution in [-0.2, 0) is 4.79 Å². The molecule has 1 spiro atoms. The minimum atomic E-state index is -0.679. The van der Waals surface area contributed by atoms with Crippen LogP contribution in [0.3, 0.4) is 0 Å². The Labute approximate surface area is 154 Å². The molecule has 1 N–H and O–H groups in total. The van der Waals surface area contributed by atoms with Crippen LogP contribution in [0.4, 0.5) is 4.79 Å². The van der Waals surface area contributed by atoms with Gasteiger partial charge in [0.2, 0.25) is 0 Å². The fourth-order valence-corrected chi connectivity index (χ4v) is 3.85. The number of hydrogen-bond acceptors (Lipinski definition) is 4. The molecule has 1 aliphatic carbocycles. The lowest BCUT2D eigenvalue weighted by atomic mass is 9.75. The highest BCUT2D eigenvalue weighted by atomic mass is 16.5. The maximum atomic E-state index is 12.8. The van der Waals surface area contributed by atoms with Crippen LogP contribution in [0.15, 0.2) is 24.3 Å². The van der Waals surface area contributed by atoms with Gasteiger partial charge in [-0.15, -0.1) is 0 Å². The van der Waals surface area contributed by atoms with E-state index in [-0.39, 0.29) is 25.1 Å². The van der Waals surface area contributed by atoms with Gasteiger partial charge in [0.25, 0.3) is 5.91 Å². The van der Waals surface area contributed by atoms with E-state index in [1.807, 2.05) is 31.2 Å². The SMILES string of the molecule is CCOc1ccc(OCCN2C(=O)NC3(CCC(CC)CC3)C2=O)cc1. The standard InChI is InChI=1S/C20H28N2O4/c1-3-15-9-11-20(12-10-15)18(23)22(19(24)21-20)13-14-26-17-7-5-16(6-8-17)25-4-2/h5-8,15H,3-4,9-14H2,1-2H3,(H,21,24). The largest absolute Gasteiger partial charge is 0.494 e. The van der Waals surface area contributed by atoms with E-state index in [1.54, 1.807) is 0 Å². The average molecular weight is 360 g/mol. The second kappa shape index (κ2) is 7.98. The van der Waals surface area contributed by atoms with E-state index in [4.69, 9.17) is 9.47 Å². The molecule has 1 aromatic carbocycles. The molecule has 3 rings (SSSR count). The first-order chi connectivity index (χ1) is 12.6. The van der Waals surface area contributed by atoms with E-state index in [0.29, 0.717) is 18.3 Å². The number of carbonyl (C=O) groups excluding carboxylic acids is 2. The Hall–Kier alpha value is -2.24. The van der Waals surface area contributed by atoms with Crippen molar-refractivity contribution in [2.24, 2.45) is 5.92 Å². The maximum absolute atomic E-state index is 12.8. The first-order valence-corrected chi connectivity index (χ1v) is 9.57. The van der Waals surface area contributed by atoms with Gasteiger partial charge in [-0.3, -0.25) is 9.69 Å². The summed E-state index contributed by atoms with van der Waals surface area (Å²) in [6, 6.07) is 7.04. The number of imide groups is 1. The van der Waals surface area contributed by atoms with Gasteiger partial charge in [0, 0.05) is 0 Å². The number of benzene rings is 1. The van der Waals surface area contributed by atoms with E-state index in [0.717, 1.165) is 37.9 Å². The van der Waals surface area contributed by atoms with Crippen molar-refractivity contribution in [1.82, 2.24) is 10.2 Å². The molecule has 0 radical (unpaired) electrons. The molecule has 0 aromatic heterocycles. The number of rotatable bonds is 7. The molecule has 142 valence electrons. The Morgan fingerprint density at radius 3 is 2.27 bits per heavy atom. The molecule has 0 bridgehead atoms. The molecule has 1 saturated heterocycles. The van der Waals surface area contributed by atoms with Crippen LogP contribution in [0.1, 0.15) is 46.0 Å². The zero-order valence-corrected chi connectivity index (χ0v) is 15.6. The summed E-state index contributed by atoms with van der Waals surface area (Å²) < 4.78 is 11.1. The molecular formula is C20H28N2O4. The van der Waals surface area contributed by atoms with Crippen molar-refractivity contribution < 1.29 is 19.1 Å². The fraction of sp³-hybridized carbons (Fsp3) is 0.600. The van der Waals surface area contributed by atoms with Gasteiger partial charge in [0.15, 0.2) is 0 Å². The first-order valence-electron chi connectivity index (χ1n) is 9.57. The minimum Gasteiger partial charge on any atom is -0.494 e. The maximum Gasteiger partial charge on any atom is 0.325 e. The molecule has 2 fully saturated rings. The van der Waals surface area contributed by atoms with Gasteiger partial charge in [0.1, 0.15) is 23.6 Å². The predicted octanol–water partition coefficient (Wildman–Crippen LogP) is 3.35. The normalized spacial score (nSPS) is 25.5. The van der Waals surface area contributed by atoms with Gasteiger partial charge in [-0.2, -0.15) is 0 Å². The van der Waals surface area contributed by atoms with Crippen molar-refractivity contribution in [3.8, 4) is 11.5 Å². The lowest BCUT2D eigenvalue weighted by molar-refractivity contribution is -0.133. The highest BCUT2D eigenvalue weighted by Crippen LogP contribution is 2.37. The van der Waals surface area contributed by atoms with Crippen LogP contribution in [-0.4, -0.2) is 42.1 Å². The van der Waals surface area contributed by atoms with Crippen molar-refractivity contribution in [3.63, 3.8) is 0 Å². The zero-order chi connectivity index (χ0) is 18.6. The quantitative estimate of drug-likeness (QED) is 0.757. The number of nitrogens with one attached hydrogen (secondary N) is 1. The van der Waals surface area contributed by atoms with E-state index in [1.165, 1.54) is 4.90 Å². The van der Waals surface area contributed by atoms with E-state index < -0.39 is 5.54 Å². The third-order valence-corrected chi connectivity index (χ3v) is 5.50. The van der Waals surface area contributed by atoms with Crippen molar-refractivity contribution in [2.75, 3.05) is 19.8 Å². The van der Waals surface area contributed by atoms with Crippen LogP contribution in [0.25, 0.3) is 0 Å². The monoisotopic (exact) mass is 360 g/mol. The number of hydrogen-bond donors (Lipinski definition) is 1. The van der Waals surface area contributed by atoms with Crippen molar-refractivity contribution in [3.05, 3.63) is 24.3 Å². The third-order valence-electron chi connectivity index (χ3n) is 5.50. The van der Waals surface area contributed by atoms with E-state index in [9.17, 15) is 9.59 Å². The molecule has 1 saturated carbocycles. The topological polar surface area (TPSA) is 67.9 Å². The fourth-order valence-electron chi connectivity index (χ4n) is 3.85. The Kier molecular flexibility index (Phi) is 5.69. The molecule has 3 amide bonds. The second-order valence-corrected chi connectivity index (χ2v) is 7.07. The summed E-state index contributed by atoms with van der Waals surface area (Å²) in [4.78, 5) is 26.4. The smallest absolute Gasteiger partial charge is 0.325 e. The number of amides is 3. The highest BCUT2D eigenvalue weighted by Gasteiger charge is 2.52. The van der Waals surface area contributed by atoms with Crippen LogP contribution < -0.4 is 14.8 Å². The van der Waals surface area contributed by atoms with Gasteiger partial charge in [0.05, 0.1) is 13.2 Å². The van der Waals surface area contributed by atoms with Crippen LogP contribution in [0, 0.1) is 5.92 Å². The number of carbonyl (C=O) groups is 2. The van der Waals surface area contributed by atoms with Crippen LogP contribution in [0.5, 0.6) is 11.5 Å². The van der Waals surface area contributed by atoms with E-state index in [2.05, 4.69) is 12.2 Å². The summed E-state index contributed by atoms with van der Waals surface area (Å²) >= 11 is 0. The highest BCUT2D eigenvalue weighted by molar-refractivity contribution is 6.07. The molecule has 6 nitrogen and oxygen atoms in total. The molecule has 26 heavy (non-hydrogen) atoms. The van der Waals surface area contributed by atoms with Crippen molar-refractivity contribution in [2.45, 2.75) is 51.5 Å². The first kappa shape index (κ1) is 18.5. The molecular weight excluding hydrogens is 332 g/mol. The van der Waals surface area contributed by atoms with E-state index >= 15 is 0 Å². The van der Waals surface area contributed by atoms with Crippen LogP contribution >= 0.6 is 0 Å². The van der Waals surface area contributed by atoms with Crippen molar-refractivity contribution >= 4 is 11.9 Å². The third kappa shape index (κ3) is 3.79. The molecule has 6 heteroatoms. The second-order valence-electron chi connectivity index (χ2n) is 7.07.